The molecular formula is C14H19NO3. The lowest BCUT2D eigenvalue weighted by molar-refractivity contribution is -0.130. The fourth-order valence-electron chi connectivity index (χ4n) is 1.61. The number of rotatable bonds is 7. The minimum absolute atomic E-state index is 0.0477. The number of para-hydroxylation sites is 1. The maximum absolute atomic E-state index is 12.1. The summed E-state index contributed by atoms with van der Waals surface area (Å²) in [5, 5.41) is 9.63. The van der Waals surface area contributed by atoms with Gasteiger partial charge in [0.1, 0.15) is 5.75 Å². The van der Waals surface area contributed by atoms with E-state index in [0.29, 0.717) is 25.3 Å². The van der Waals surface area contributed by atoms with Gasteiger partial charge in [-0.15, -0.1) is 6.58 Å². The molecule has 0 fully saturated rings. The number of benzene rings is 1. The SMILES string of the molecule is C=CCN(CCOC)C(=O)Cc1ccccc1O. The average molecular weight is 249 g/mol. The Labute approximate surface area is 107 Å². The summed E-state index contributed by atoms with van der Waals surface area (Å²) in [4.78, 5) is 13.7. The summed E-state index contributed by atoms with van der Waals surface area (Å²) in [7, 11) is 1.60. The smallest absolute Gasteiger partial charge is 0.227 e. The number of hydrogen-bond acceptors (Lipinski definition) is 3. The summed E-state index contributed by atoms with van der Waals surface area (Å²) in [6, 6.07) is 6.86. The van der Waals surface area contributed by atoms with E-state index in [-0.39, 0.29) is 18.1 Å². The highest BCUT2D eigenvalue weighted by Gasteiger charge is 2.14. The van der Waals surface area contributed by atoms with Gasteiger partial charge < -0.3 is 14.7 Å². The van der Waals surface area contributed by atoms with Crippen LogP contribution in [0.1, 0.15) is 5.56 Å². The number of nitrogens with zero attached hydrogens (tertiary/aromatic N) is 1. The van der Waals surface area contributed by atoms with Crippen molar-refractivity contribution in [3.63, 3.8) is 0 Å². The lowest BCUT2D eigenvalue weighted by Gasteiger charge is -2.20. The van der Waals surface area contributed by atoms with Crippen molar-refractivity contribution < 1.29 is 14.6 Å². The van der Waals surface area contributed by atoms with Crippen molar-refractivity contribution in [3.05, 3.63) is 42.5 Å². The van der Waals surface area contributed by atoms with E-state index in [1.165, 1.54) is 0 Å². The van der Waals surface area contributed by atoms with Gasteiger partial charge in [-0.3, -0.25) is 4.79 Å². The van der Waals surface area contributed by atoms with E-state index in [4.69, 9.17) is 4.74 Å². The molecule has 0 spiro atoms. The van der Waals surface area contributed by atoms with Gasteiger partial charge in [0.2, 0.25) is 5.91 Å². The Morgan fingerprint density at radius 1 is 1.50 bits per heavy atom. The van der Waals surface area contributed by atoms with Crippen molar-refractivity contribution in [1.82, 2.24) is 4.90 Å². The number of ether oxygens (including phenoxy) is 1. The molecule has 0 atom stereocenters. The van der Waals surface area contributed by atoms with Crippen LogP contribution in [0, 0.1) is 0 Å². The van der Waals surface area contributed by atoms with Crippen LogP contribution in [0.15, 0.2) is 36.9 Å². The third-order valence-electron chi connectivity index (χ3n) is 2.60. The maximum atomic E-state index is 12.1. The van der Waals surface area contributed by atoms with Crippen LogP contribution in [0.2, 0.25) is 0 Å². The summed E-state index contributed by atoms with van der Waals surface area (Å²) in [6.45, 7) is 5.12. The largest absolute Gasteiger partial charge is 0.508 e. The first kappa shape index (κ1) is 14.3. The van der Waals surface area contributed by atoms with Crippen LogP contribution in [0.25, 0.3) is 0 Å². The number of methoxy groups -OCH3 is 1. The first-order valence-corrected chi connectivity index (χ1v) is 5.83. The van der Waals surface area contributed by atoms with Gasteiger partial charge in [-0.05, 0) is 6.07 Å². The second-order valence-electron chi connectivity index (χ2n) is 3.93. The number of phenolic OH excluding ortho intramolecular Hbond substituents is 1. The Balaban J connectivity index is 2.66. The van der Waals surface area contributed by atoms with Crippen LogP contribution in [0.4, 0.5) is 0 Å². The molecule has 0 aliphatic rings. The molecule has 1 rings (SSSR count). The van der Waals surface area contributed by atoms with Gasteiger partial charge in [0, 0.05) is 25.8 Å². The molecule has 1 aromatic rings. The average Bonchev–Trinajstić information content (AvgIpc) is 2.37. The number of phenols is 1. The van der Waals surface area contributed by atoms with Crippen LogP contribution in [0.3, 0.4) is 0 Å². The highest BCUT2D eigenvalue weighted by atomic mass is 16.5. The minimum atomic E-state index is -0.0477. The molecule has 1 aromatic carbocycles. The molecular weight excluding hydrogens is 230 g/mol. The van der Waals surface area contributed by atoms with Gasteiger partial charge in [0.05, 0.1) is 13.0 Å². The normalized spacial score (nSPS) is 10.1. The van der Waals surface area contributed by atoms with Crippen LogP contribution in [0.5, 0.6) is 5.75 Å². The summed E-state index contributed by atoms with van der Waals surface area (Å²) in [6.07, 6.45) is 1.86. The predicted octanol–water partition coefficient (Wildman–Crippen LogP) is 1.60. The number of amides is 1. The van der Waals surface area contributed by atoms with Crippen molar-refractivity contribution in [2.24, 2.45) is 0 Å². The molecule has 0 aromatic heterocycles. The molecule has 18 heavy (non-hydrogen) atoms. The molecule has 4 nitrogen and oxygen atoms in total. The summed E-state index contributed by atoms with van der Waals surface area (Å²) in [5.41, 5.74) is 0.633. The zero-order valence-corrected chi connectivity index (χ0v) is 10.6. The molecule has 1 amide bonds. The fourth-order valence-corrected chi connectivity index (χ4v) is 1.61. The Morgan fingerprint density at radius 3 is 2.83 bits per heavy atom. The molecule has 0 radical (unpaired) electrons. The predicted molar refractivity (Wildman–Crippen MR) is 70.5 cm³/mol. The van der Waals surface area contributed by atoms with Gasteiger partial charge in [0.25, 0.3) is 0 Å². The van der Waals surface area contributed by atoms with Gasteiger partial charge >= 0.3 is 0 Å². The zero-order valence-electron chi connectivity index (χ0n) is 10.6. The number of aromatic hydroxyl groups is 1. The van der Waals surface area contributed by atoms with E-state index in [9.17, 15) is 9.90 Å². The first-order valence-electron chi connectivity index (χ1n) is 5.83. The number of carbonyl (C=O) groups is 1. The third-order valence-corrected chi connectivity index (χ3v) is 2.60. The van der Waals surface area contributed by atoms with E-state index < -0.39 is 0 Å². The van der Waals surface area contributed by atoms with E-state index >= 15 is 0 Å². The fraction of sp³-hybridized carbons (Fsp3) is 0.357. The molecule has 1 N–H and O–H groups in total. The monoisotopic (exact) mass is 249 g/mol. The lowest BCUT2D eigenvalue weighted by Crippen LogP contribution is -2.35. The van der Waals surface area contributed by atoms with E-state index in [2.05, 4.69) is 6.58 Å². The van der Waals surface area contributed by atoms with E-state index in [1.807, 2.05) is 0 Å². The highest BCUT2D eigenvalue weighted by molar-refractivity contribution is 5.79. The van der Waals surface area contributed by atoms with Crippen molar-refractivity contribution in [2.75, 3.05) is 26.8 Å². The Bertz CT molecular complexity index is 404. The van der Waals surface area contributed by atoms with Crippen molar-refractivity contribution >= 4 is 5.91 Å². The molecule has 0 bridgehead atoms. The summed E-state index contributed by atoms with van der Waals surface area (Å²) in [5.74, 6) is 0.101. The molecule has 0 aliphatic carbocycles. The zero-order chi connectivity index (χ0) is 13.4. The number of hydrogen-bond donors (Lipinski definition) is 1. The Hall–Kier alpha value is -1.81. The van der Waals surface area contributed by atoms with Gasteiger partial charge in [-0.25, -0.2) is 0 Å². The standard InChI is InChI=1S/C14H19NO3/c1-3-8-15(9-10-18-2)14(17)11-12-6-4-5-7-13(12)16/h3-7,16H,1,8-11H2,2H3. The van der Waals surface area contributed by atoms with Crippen molar-refractivity contribution in [3.8, 4) is 5.75 Å². The lowest BCUT2D eigenvalue weighted by atomic mass is 10.1. The Kier molecular flexibility index (Phi) is 5.94. The van der Waals surface area contributed by atoms with Crippen LogP contribution in [-0.4, -0.2) is 42.7 Å². The van der Waals surface area contributed by atoms with Crippen LogP contribution in [-0.2, 0) is 16.0 Å². The van der Waals surface area contributed by atoms with Gasteiger partial charge in [-0.2, -0.15) is 0 Å². The van der Waals surface area contributed by atoms with Gasteiger partial charge in [0.15, 0.2) is 0 Å². The molecule has 0 saturated heterocycles. The maximum Gasteiger partial charge on any atom is 0.227 e. The molecule has 0 aliphatic heterocycles. The van der Waals surface area contributed by atoms with Gasteiger partial charge in [-0.1, -0.05) is 24.3 Å². The summed E-state index contributed by atoms with van der Waals surface area (Å²) >= 11 is 0. The molecule has 0 unspecified atom stereocenters. The second kappa shape index (κ2) is 7.50. The van der Waals surface area contributed by atoms with Crippen molar-refractivity contribution in [1.29, 1.82) is 0 Å². The molecule has 98 valence electrons. The second-order valence-corrected chi connectivity index (χ2v) is 3.93. The Morgan fingerprint density at radius 2 is 2.22 bits per heavy atom. The summed E-state index contributed by atoms with van der Waals surface area (Å²) < 4.78 is 4.97. The minimum Gasteiger partial charge on any atom is -0.508 e. The van der Waals surface area contributed by atoms with E-state index in [1.54, 1.807) is 42.4 Å². The highest BCUT2D eigenvalue weighted by Crippen LogP contribution is 2.16. The third kappa shape index (κ3) is 4.22. The molecule has 4 heteroatoms. The topological polar surface area (TPSA) is 49.8 Å². The van der Waals surface area contributed by atoms with Crippen molar-refractivity contribution in [2.45, 2.75) is 6.42 Å². The molecule has 0 saturated carbocycles. The molecule has 0 heterocycles. The van der Waals surface area contributed by atoms with Crippen LogP contribution >= 0.6 is 0 Å². The number of carbonyl (C=O) groups excluding carboxylic acids is 1. The first-order chi connectivity index (χ1) is 8.69. The van der Waals surface area contributed by atoms with E-state index in [0.717, 1.165) is 0 Å². The quantitative estimate of drug-likeness (QED) is 0.747. The van der Waals surface area contributed by atoms with Crippen LogP contribution < -0.4 is 0 Å².